The van der Waals surface area contributed by atoms with Gasteiger partial charge in [0.15, 0.2) is 0 Å². The zero-order valence-electron chi connectivity index (χ0n) is 18.2. The zero-order valence-corrected chi connectivity index (χ0v) is 18.2. The fourth-order valence-electron chi connectivity index (χ4n) is 2.88. The van der Waals surface area contributed by atoms with Gasteiger partial charge in [0.2, 0.25) is 0 Å². The highest BCUT2D eigenvalue weighted by molar-refractivity contribution is 5.57. The Morgan fingerprint density at radius 1 is 1.00 bits per heavy atom. The van der Waals surface area contributed by atoms with Crippen LogP contribution in [0.5, 0.6) is 5.75 Å². The lowest BCUT2D eigenvalue weighted by atomic mass is 9.98. The fraction of sp³-hybridized carbons (Fsp3) is 0.500. The minimum Gasteiger partial charge on any atom is -0.497 e. The van der Waals surface area contributed by atoms with E-state index in [0.717, 1.165) is 12.2 Å². The Kier molecular flexibility index (Phi) is 13.2. The smallest absolute Gasteiger partial charge is 0.119 e. The Hall–Kier alpha value is -1.96. The van der Waals surface area contributed by atoms with E-state index in [9.17, 15) is 0 Å². The quantitative estimate of drug-likeness (QED) is 0.594. The van der Waals surface area contributed by atoms with Crippen LogP contribution < -0.4 is 9.64 Å². The molecule has 1 aliphatic heterocycles. The molecular formula is C24H39NO. The Bertz CT molecular complexity index is 588. The number of hydrogen-bond acceptors (Lipinski definition) is 2. The van der Waals surface area contributed by atoms with Crippen LogP contribution in [-0.2, 0) is 12.8 Å². The van der Waals surface area contributed by atoms with Gasteiger partial charge in [0.05, 0.1) is 7.11 Å². The summed E-state index contributed by atoms with van der Waals surface area (Å²) in [6, 6.07) is 14.7. The maximum Gasteiger partial charge on any atom is 0.119 e. The molecule has 0 saturated heterocycles. The largest absolute Gasteiger partial charge is 0.497 e. The molecule has 2 aromatic carbocycles. The number of aryl methyl sites for hydroxylation is 2. The summed E-state index contributed by atoms with van der Waals surface area (Å²) in [4.78, 5) is 2.35. The summed E-state index contributed by atoms with van der Waals surface area (Å²) in [5, 5.41) is 0. The summed E-state index contributed by atoms with van der Waals surface area (Å²) in [5.41, 5.74) is 5.74. The van der Waals surface area contributed by atoms with E-state index in [1.54, 1.807) is 12.7 Å². The molecule has 0 bridgehead atoms. The lowest BCUT2D eigenvalue weighted by Crippen LogP contribution is -2.24. The van der Waals surface area contributed by atoms with Gasteiger partial charge in [-0.1, -0.05) is 58.9 Å². The summed E-state index contributed by atoms with van der Waals surface area (Å²) >= 11 is 0. The van der Waals surface area contributed by atoms with Gasteiger partial charge in [-0.3, -0.25) is 0 Å². The summed E-state index contributed by atoms with van der Waals surface area (Å²) in [5.74, 6) is 0.944. The van der Waals surface area contributed by atoms with Gasteiger partial charge in [-0.05, 0) is 61.1 Å². The highest BCUT2D eigenvalue weighted by atomic mass is 16.5. The predicted octanol–water partition coefficient (Wildman–Crippen LogP) is 6.69. The van der Waals surface area contributed by atoms with Crippen LogP contribution in [0.25, 0.3) is 0 Å². The van der Waals surface area contributed by atoms with Gasteiger partial charge >= 0.3 is 0 Å². The summed E-state index contributed by atoms with van der Waals surface area (Å²) in [6.45, 7) is 13.5. The van der Waals surface area contributed by atoms with Gasteiger partial charge in [-0.15, -0.1) is 0 Å². The van der Waals surface area contributed by atoms with Crippen LogP contribution in [0.15, 0.2) is 42.5 Å². The van der Waals surface area contributed by atoms with Crippen molar-refractivity contribution in [3.05, 3.63) is 59.2 Å². The van der Waals surface area contributed by atoms with Crippen molar-refractivity contribution < 1.29 is 4.74 Å². The van der Waals surface area contributed by atoms with Crippen molar-refractivity contribution >= 4 is 5.69 Å². The highest BCUT2D eigenvalue weighted by Gasteiger charge is 2.13. The molecule has 0 spiro atoms. The van der Waals surface area contributed by atoms with Crippen LogP contribution >= 0.6 is 0 Å². The van der Waals surface area contributed by atoms with Crippen LogP contribution in [0, 0.1) is 6.92 Å². The van der Waals surface area contributed by atoms with Crippen molar-refractivity contribution in [3.8, 4) is 5.75 Å². The first-order valence-electron chi connectivity index (χ1n) is 10.1. The van der Waals surface area contributed by atoms with Crippen molar-refractivity contribution in [2.24, 2.45) is 0 Å². The van der Waals surface area contributed by atoms with E-state index >= 15 is 0 Å². The molecule has 0 saturated carbocycles. The second-order valence-corrected chi connectivity index (χ2v) is 5.80. The SMILES string of the molecule is CC.CC.CCc1cccc(OC)c1.Cc1cccc2c1CCCN2C. The second-order valence-electron chi connectivity index (χ2n) is 5.80. The van der Waals surface area contributed by atoms with Crippen molar-refractivity contribution in [1.82, 2.24) is 0 Å². The third-order valence-corrected chi connectivity index (χ3v) is 4.26. The number of rotatable bonds is 2. The van der Waals surface area contributed by atoms with E-state index in [0.29, 0.717) is 0 Å². The molecule has 146 valence electrons. The maximum atomic E-state index is 5.06. The topological polar surface area (TPSA) is 12.5 Å². The Morgan fingerprint density at radius 2 is 1.65 bits per heavy atom. The molecule has 2 aromatic rings. The van der Waals surface area contributed by atoms with Crippen molar-refractivity contribution in [2.45, 2.75) is 60.8 Å². The molecule has 0 unspecified atom stereocenters. The van der Waals surface area contributed by atoms with Gasteiger partial charge in [0.25, 0.3) is 0 Å². The Morgan fingerprint density at radius 3 is 2.23 bits per heavy atom. The molecule has 0 aliphatic carbocycles. The number of hydrogen-bond donors (Lipinski definition) is 0. The number of benzene rings is 2. The fourth-order valence-corrected chi connectivity index (χ4v) is 2.88. The summed E-state index contributed by atoms with van der Waals surface area (Å²) < 4.78 is 5.06. The normalized spacial score (nSPS) is 11.5. The minimum absolute atomic E-state index is 0.944. The highest BCUT2D eigenvalue weighted by Crippen LogP contribution is 2.27. The minimum atomic E-state index is 0.944. The standard InChI is InChI=1S/C11H15N.C9H12O.2C2H6/c1-9-5-3-7-11-10(9)6-4-8-12(11)2;1-3-8-5-4-6-9(7-8)10-2;2*1-2/h3,5,7H,4,6,8H2,1-2H3;4-7H,3H2,1-2H3;2*1-2H3. The molecule has 2 heteroatoms. The van der Waals surface area contributed by atoms with Crippen molar-refractivity contribution in [2.75, 3.05) is 25.6 Å². The van der Waals surface area contributed by atoms with Crippen LogP contribution in [0.4, 0.5) is 5.69 Å². The van der Waals surface area contributed by atoms with Crippen LogP contribution in [0.1, 0.15) is 57.7 Å². The lowest BCUT2D eigenvalue weighted by Gasteiger charge is -2.28. The Labute approximate surface area is 162 Å². The molecule has 1 heterocycles. The molecule has 26 heavy (non-hydrogen) atoms. The number of nitrogens with zero attached hydrogens (tertiary/aromatic N) is 1. The molecular weight excluding hydrogens is 318 g/mol. The average Bonchev–Trinajstić information content (AvgIpc) is 2.72. The molecule has 0 amide bonds. The maximum absolute atomic E-state index is 5.06. The second kappa shape index (κ2) is 14.2. The van der Waals surface area contributed by atoms with E-state index in [4.69, 9.17) is 4.74 Å². The molecule has 0 aromatic heterocycles. The van der Waals surface area contributed by atoms with E-state index < -0.39 is 0 Å². The molecule has 0 atom stereocenters. The van der Waals surface area contributed by atoms with E-state index in [1.807, 2.05) is 39.8 Å². The molecule has 0 N–H and O–H groups in total. The average molecular weight is 358 g/mol. The van der Waals surface area contributed by atoms with Gasteiger partial charge in [-0.25, -0.2) is 0 Å². The zero-order chi connectivity index (χ0) is 19.9. The van der Waals surface area contributed by atoms with Gasteiger partial charge in [0.1, 0.15) is 5.75 Å². The van der Waals surface area contributed by atoms with Crippen molar-refractivity contribution in [1.29, 1.82) is 0 Å². The van der Waals surface area contributed by atoms with Crippen LogP contribution in [0.2, 0.25) is 0 Å². The summed E-state index contributed by atoms with van der Waals surface area (Å²) in [6.07, 6.45) is 3.62. The lowest BCUT2D eigenvalue weighted by molar-refractivity contribution is 0.414. The molecule has 0 radical (unpaired) electrons. The van der Waals surface area contributed by atoms with Gasteiger partial charge in [0, 0.05) is 19.3 Å². The molecule has 3 rings (SSSR count). The van der Waals surface area contributed by atoms with E-state index in [2.05, 4.69) is 56.1 Å². The van der Waals surface area contributed by atoms with Crippen LogP contribution in [0.3, 0.4) is 0 Å². The number of fused-ring (bicyclic) bond motifs is 1. The van der Waals surface area contributed by atoms with E-state index in [-0.39, 0.29) is 0 Å². The van der Waals surface area contributed by atoms with Gasteiger partial charge in [-0.2, -0.15) is 0 Å². The van der Waals surface area contributed by atoms with Gasteiger partial charge < -0.3 is 9.64 Å². The van der Waals surface area contributed by atoms with E-state index in [1.165, 1.54) is 36.2 Å². The molecule has 0 fully saturated rings. The predicted molar refractivity (Wildman–Crippen MR) is 118 cm³/mol. The van der Waals surface area contributed by atoms with Crippen molar-refractivity contribution in [3.63, 3.8) is 0 Å². The summed E-state index contributed by atoms with van der Waals surface area (Å²) in [7, 11) is 3.87. The molecule has 2 nitrogen and oxygen atoms in total. The Balaban J connectivity index is 0.000000409. The third kappa shape index (κ3) is 7.51. The first kappa shape index (κ1) is 24.0. The molecule has 1 aliphatic rings. The third-order valence-electron chi connectivity index (χ3n) is 4.26. The number of methoxy groups -OCH3 is 1. The number of ether oxygens (including phenoxy) is 1. The monoisotopic (exact) mass is 357 g/mol. The first-order valence-corrected chi connectivity index (χ1v) is 10.1. The number of anilines is 1. The first-order chi connectivity index (χ1) is 12.7. The van der Waals surface area contributed by atoms with Crippen LogP contribution in [-0.4, -0.2) is 20.7 Å².